The largest absolute Gasteiger partial charge is 0.375 e. The van der Waals surface area contributed by atoms with Gasteiger partial charge in [0.2, 0.25) is 0 Å². The van der Waals surface area contributed by atoms with Crippen LogP contribution in [0.2, 0.25) is 0 Å². The number of ketones is 1. The van der Waals surface area contributed by atoms with Crippen LogP contribution in [0.15, 0.2) is 9.47 Å². The Morgan fingerprint density at radius 3 is 2.43 bits per heavy atom. The summed E-state index contributed by atoms with van der Waals surface area (Å²) in [6, 6.07) is 0. The Labute approximate surface area is 146 Å². The van der Waals surface area contributed by atoms with Gasteiger partial charge in [-0.1, -0.05) is 45.1 Å². The van der Waals surface area contributed by atoms with Crippen molar-refractivity contribution in [1.29, 1.82) is 0 Å². The summed E-state index contributed by atoms with van der Waals surface area (Å²) >= 11 is 6.76. The molecule has 0 bridgehead atoms. The Morgan fingerprint density at radius 1 is 1.14 bits per heavy atom. The van der Waals surface area contributed by atoms with Crippen molar-refractivity contribution in [2.45, 2.75) is 83.8 Å². The molecule has 0 aromatic rings. The molecule has 0 unspecified atom stereocenters. The number of hydrogen-bond donors (Lipinski definition) is 0. The summed E-state index contributed by atoms with van der Waals surface area (Å²) in [7, 11) is 0. The highest BCUT2D eigenvalue weighted by Crippen LogP contribution is 2.31. The van der Waals surface area contributed by atoms with E-state index in [-0.39, 0.29) is 18.1 Å². The predicted molar refractivity (Wildman–Crippen MR) is 96.0 cm³/mol. The molecule has 0 spiro atoms. The highest BCUT2D eigenvalue weighted by Gasteiger charge is 2.31. The van der Waals surface area contributed by atoms with E-state index in [1.807, 2.05) is 0 Å². The van der Waals surface area contributed by atoms with Crippen LogP contribution >= 0.6 is 31.9 Å². The van der Waals surface area contributed by atoms with Crippen LogP contribution < -0.4 is 0 Å². The van der Waals surface area contributed by atoms with Gasteiger partial charge in [0, 0.05) is 5.92 Å². The number of ether oxygens (including phenoxy) is 1. The van der Waals surface area contributed by atoms with Crippen molar-refractivity contribution in [2.24, 2.45) is 5.92 Å². The lowest BCUT2D eigenvalue weighted by Crippen LogP contribution is -2.35. The second-order valence-electron chi connectivity index (χ2n) is 6.09. The quantitative estimate of drug-likeness (QED) is 0.417. The highest BCUT2D eigenvalue weighted by atomic mass is 79.9. The summed E-state index contributed by atoms with van der Waals surface area (Å²) < 4.78 is 7.14. The lowest BCUT2D eigenvalue weighted by molar-refractivity contribution is -0.131. The smallest absolute Gasteiger partial charge is 0.133 e. The number of hydrogen-bond acceptors (Lipinski definition) is 2. The van der Waals surface area contributed by atoms with Crippen LogP contribution in [0.4, 0.5) is 0 Å². The minimum Gasteiger partial charge on any atom is -0.375 e. The highest BCUT2D eigenvalue weighted by molar-refractivity contribution is 9.28. The van der Waals surface area contributed by atoms with Crippen LogP contribution in [0.5, 0.6) is 0 Å². The van der Waals surface area contributed by atoms with E-state index in [2.05, 4.69) is 44.9 Å². The molecule has 1 aliphatic rings. The average Bonchev–Trinajstić information content (AvgIpc) is 2.44. The SMILES string of the molecule is CCCCCCC[C@@H]1C[C@H](C(C)=O)C[C@@H](CC=C(Br)Br)O1. The van der Waals surface area contributed by atoms with Gasteiger partial charge in [-0.25, -0.2) is 0 Å². The van der Waals surface area contributed by atoms with E-state index in [9.17, 15) is 4.79 Å². The van der Waals surface area contributed by atoms with Gasteiger partial charge >= 0.3 is 0 Å². The molecule has 0 saturated carbocycles. The lowest BCUT2D eigenvalue weighted by Gasteiger charge is -2.34. The maximum absolute atomic E-state index is 11.8. The molecular weight excluding hydrogens is 396 g/mol. The van der Waals surface area contributed by atoms with Crippen LogP contribution in [-0.2, 0) is 9.53 Å². The molecule has 122 valence electrons. The fraction of sp³-hybridized carbons (Fsp3) is 0.824. The summed E-state index contributed by atoms with van der Waals surface area (Å²) in [5.41, 5.74) is 0. The van der Waals surface area contributed by atoms with E-state index >= 15 is 0 Å². The molecule has 0 N–H and O–H groups in total. The molecule has 1 saturated heterocycles. The van der Waals surface area contributed by atoms with E-state index in [0.717, 1.165) is 29.1 Å². The molecule has 1 rings (SSSR count). The molecule has 1 fully saturated rings. The van der Waals surface area contributed by atoms with Crippen LogP contribution in [-0.4, -0.2) is 18.0 Å². The van der Waals surface area contributed by atoms with E-state index in [4.69, 9.17) is 4.74 Å². The molecular formula is C17H28Br2O2. The molecule has 0 radical (unpaired) electrons. The van der Waals surface area contributed by atoms with Gasteiger partial charge in [-0.15, -0.1) is 0 Å². The molecule has 0 aromatic heterocycles. The lowest BCUT2D eigenvalue weighted by atomic mass is 9.86. The van der Waals surface area contributed by atoms with Crippen molar-refractivity contribution >= 4 is 37.6 Å². The zero-order valence-electron chi connectivity index (χ0n) is 13.2. The fourth-order valence-electron chi connectivity index (χ4n) is 2.98. The van der Waals surface area contributed by atoms with E-state index < -0.39 is 0 Å². The fourth-order valence-corrected chi connectivity index (χ4v) is 3.35. The zero-order valence-corrected chi connectivity index (χ0v) is 16.4. The van der Waals surface area contributed by atoms with E-state index in [0.29, 0.717) is 5.78 Å². The van der Waals surface area contributed by atoms with Crippen molar-refractivity contribution in [3.05, 3.63) is 9.47 Å². The second-order valence-corrected chi connectivity index (χ2v) is 8.86. The molecule has 0 aromatic carbocycles. The van der Waals surface area contributed by atoms with Crippen molar-refractivity contribution < 1.29 is 9.53 Å². The molecule has 1 aliphatic heterocycles. The third-order valence-electron chi connectivity index (χ3n) is 4.22. The Bertz CT molecular complexity index is 338. The summed E-state index contributed by atoms with van der Waals surface area (Å²) in [6.07, 6.45) is 12.7. The number of halogens is 2. The summed E-state index contributed by atoms with van der Waals surface area (Å²) in [4.78, 5) is 11.8. The topological polar surface area (TPSA) is 26.3 Å². The zero-order chi connectivity index (χ0) is 15.7. The number of Topliss-reactive ketones (excluding diaryl/α,β-unsaturated/α-hetero) is 1. The van der Waals surface area contributed by atoms with E-state index in [1.165, 1.54) is 32.1 Å². The standard InChI is InChI=1S/C17H28Br2O2/c1-3-4-5-6-7-8-15-11-14(13(2)20)12-16(21-15)9-10-17(18)19/h10,14-16H,3-9,11-12H2,1-2H3/t14-,15+,16+/m0/s1. The van der Waals surface area contributed by atoms with Gasteiger partial charge in [-0.2, -0.15) is 0 Å². The number of carbonyl (C=O) groups is 1. The van der Waals surface area contributed by atoms with Crippen molar-refractivity contribution in [2.75, 3.05) is 0 Å². The van der Waals surface area contributed by atoms with Crippen LogP contribution in [0.3, 0.4) is 0 Å². The monoisotopic (exact) mass is 422 g/mol. The molecule has 0 amide bonds. The van der Waals surface area contributed by atoms with Gasteiger partial charge in [0.05, 0.1) is 15.6 Å². The Morgan fingerprint density at radius 2 is 1.81 bits per heavy atom. The number of unbranched alkanes of at least 4 members (excludes halogenated alkanes) is 4. The number of carbonyl (C=O) groups excluding carboxylic acids is 1. The molecule has 3 atom stereocenters. The van der Waals surface area contributed by atoms with Crippen molar-refractivity contribution in [1.82, 2.24) is 0 Å². The van der Waals surface area contributed by atoms with Gasteiger partial charge in [-0.05, 0) is 64.5 Å². The first-order chi connectivity index (χ1) is 10.0. The molecule has 2 nitrogen and oxygen atoms in total. The normalized spacial score (nSPS) is 25.6. The average molecular weight is 424 g/mol. The second kappa shape index (κ2) is 11.0. The van der Waals surface area contributed by atoms with Crippen molar-refractivity contribution in [3.8, 4) is 0 Å². The third-order valence-corrected chi connectivity index (χ3v) is 4.87. The third kappa shape index (κ3) is 8.51. The minimum atomic E-state index is 0.179. The first-order valence-corrected chi connectivity index (χ1v) is 9.78. The van der Waals surface area contributed by atoms with Crippen molar-refractivity contribution in [3.63, 3.8) is 0 Å². The van der Waals surface area contributed by atoms with E-state index in [1.54, 1.807) is 6.92 Å². The molecule has 0 aliphatic carbocycles. The number of rotatable bonds is 9. The Hall–Kier alpha value is 0.330. The maximum Gasteiger partial charge on any atom is 0.133 e. The Kier molecular flexibility index (Phi) is 10.1. The van der Waals surface area contributed by atoms with Gasteiger partial charge < -0.3 is 4.74 Å². The maximum atomic E-state index is 11.8. The van der Waals surface area contributed by atoms with Crippen LogP contribution in [0.25, 0.3) is 0 Å². The van der Waals surface area contributed by atoms with Gasteiger partial charge in [0.1, 0.15) is 5.78 Å². The van der Waals surface area contributed by atoms with Crippen LogP contribution in [0, 0.1) is 5.92 Å². The molecule has 1 heterocycles. The molecule has 21 heavy (non-hydrogen) atoms. The summed E-state index contributed by atoms with van der Waals surface area (Å²) in [5, 5.41) is 0. The first kappa shape index (κ1) is 19.4. The summed E-state index contributed by atoms with van der Waals surface area (Å²) in [6.45, 7) is 3.96. The first-order valence-electron chi connectivity index (χ1n) is 8.20. The Balaban J connectivity index is 2.42. The van der Waals surface area contributed by atoms with Crippen LogP contribution in [0.1, 0.15) is 71.6 Å². The van der Waals surface area contributed by atoms with Gasteiger partial charge in [0.15, 0.2) is 0 Å². The summed E-state index contributed by atoms with van der Waals surface area (Å²) in [5.74, 6) is 0.507. The predicted octanol–water partition coefficient (Wildman–Crippen LogP) is 6.12. The van der Waals surface area contributed by atoms with Gasteiger partial charge in [0.25, 0.3) is 0 Å². The molecule has 4 heteroatoms. The van der Waals surface area contributed by atoms with Gasteiger partial charge in [-0.3, -0.25) is 4.79 Å². The minimum absolute atomic E-state index is 0.179.